The first-order valence-corrected chi connectivity index (χ1v) is 20.4. The lowest BCUT2D eigenvalue weighted by Crippen LogP contribution is -2.40. The highest BCUT2D eigenvalue weighted by molar-refractivity contribution is 8.08. The van der Waals surface area contributed by atoms with Crippen LogP contribution in [0.25, 0.3) is 0 Å². The number of amides is 4. The van der Waals surface area contributed by atoms with Crippen LogP contribution in [-0.4, -0.2) is 138 Å². The number of hydrogen-bond donors (Lipinski definition) is 0. The van der Waals surface area contributed by atoms with Gasteiger partial charge in [-0.15, -0.1) is 0 Å². The number of nitrogens with zero attached hydrogens (tertiary/aromatic N) is 3. The maximum absolute atomic E-state index is 15.7. The second kappa shape index (κ2) is 21.4. The van der Waals surface area contributed by atoms with Crippen LogP contribution in [0.1, 0.15) is 27.6 Å². The molecule has 308 valence electrons. The Hall–Kier alpha value is -4.62. The van der Waals surface area contributed by atoms with E-state index in [0.29, 0.717) is 100.0 Å². The van der Waals surface area contributed by atoms with Crippen molar-refractivity contribution in [1.29, 1.82) is 0 Å². The van der Waals surface area contributed by atoms with Crippen LogP contribution in [0.15, 0.2) is 86.3 Å². The number of benzene rings is 3. The summed E-state index contributed by atoms with van der Waals surface area (Å²) in [4.78, 5) is 70.7. The molecular weight excluding hydrogens is 794 g/mol. The lowest BCUT2D eigenvalue weighted by Gasteiger charge is -2.26. The number of carbonyl (C=O) groups is 5. The van der Waals surface area contributed by atoms with Gasteiger partial charge < -0.3 is 38.2 Å². The first-order valence-electron chi connectivity index (χ1n) is 18.8. The Kier molecular flexibility index (Phi) is 15.9. The van der Waals surface area contributed by atoms with E-state index in [1.165, 1.54) is 19.1 Å². The predicted octanol–water partition coefficient (Wildman–Crippen LogP) is 4.46. The first-order chi connectivity index (χ1) is 28.2. The van der Waals surface area contributed by atoms with E-state index in [2.05, 4.69) is 0 Å². The molecule has 0 N–H and O–H groups in total. The molecule has 3 aliphatic rings. The molecule has 0 radical (unpaired) electrons. The number of morpholine rings is 2. The molecule has 0 aliphatic carbocycles. The van der Waals surface area contributed by atoms with Gasteiger partial charge in [0.25, 0.3) is 23.6 Å². The minimum Gasteiger partial charge on any atom is -0.491 e. The molecule has 0 spiro atoms. The van der Waals surface area contributed by atoms with Gasteiger partial charge in [0.05, 0.1) is 75.0 Å². The first kappa shape index (κ1) is 43.0. The Balaban J connectivity index is 1.12. The molecular formula is C41H44FN3O11S2. The second-order valence-corrected chi connectivity index (χ2v) is 15.3. The smallest absolute Gasteiger partial charge is 0.273 e. The maximum Gasteiger partial charge on any atom is 0.273 e. The number of halogens is 1. The third-order valence-electron chi connectivity index (χ3n) is 8.95. The van der Waals surface area contributed by atoms with Crippen LogP contribution in [0.2, 0.25) is 0 Å². The fourth-order valence-electron chi connectivity index (χ4n) is 5.99. The van der Waals surface area contributed by atoms with Gasteiger partial charge in [0.1, 0.15) is 19.0 Å². The van der Waals surface area contributed by atoms with Crippen molar-refractivity contribution < 1.29 is 56.8 Å². The summed E-state index contributed by atoms with van der Waals surface area (Å²) in [5.41, 5.74) is 0.715. The number of ketones is 1. The van der Waals surface area contributed by atoms with Crippen LogP contribution >= 0.6 is 23.5 Å². The zero-order valence-corrected chi connectivity index (χ0v) is 33.6. The van der Waals surface area contributed by atoms with Crippen molar-refractivity contribution in [3.8, 4) is 5.75 Å². The highest BCUT2D eigenvalue weighted by Gasteiger charge is 2.42. The van der Waals surface area contributed by atoms with Gasteiger partial charge in [-0.3, -0.25) is 24.0 Å². The molecule has 0 atom stereocenters. The van der Waals surface area contributed by atoms with E-state index in [1.807, 2.05) is 0 Å². The van der Waals surface area contributed by atoms with Crippen molar-refractivity contribution in [2.24, 2.45) is 0 Å². The van der Waals surface area contributed by atoms with E-state index >= 15 is 4.39 Å². The summed E-state index contributed by atoms with van der Waals surface area (Å²) >= 11 is 2.09. The van der Waals surface area contributed by atoms with Gasteiger partial charge in [-0.1, -0.05) is 23.5 Å². The van der Waals surface area contributed by atoms with E-state index in [-0.39, 0.29) is 58.7 Å². The number of anilines is 1. The summed E-state index contributed by atoms with van der Waals surface area (Å²) in [6.45, 7) is 6.91. The van der Waals surface area contributed by atoms with Crippen LogP contribution in [-0.2, 0) is 38.1 Å². The summed E-state index contributed by atoms with van der Waals surface area (Å²) in [5.74, 6) is -2.40. The summed E-state index contributed by atoms with van der Waals surface area (Å²) in [6, 6.07) is 17.4. The zero-order valence-electron chi connectivity index (χ0n) is 32.0. The van der Waals surface area contributed by atoms with Gasteiger partial charge in [-0.2, -0.15) is 0 Å². The maximum atomic E-state index is 15.7. The molecule has 4 amide bonds. The molecule has 0 unspecified atom stereocenters. The van der Waals surface area contributed by atoms with Crippen molar-refractivity contribution >= 4 is 58.6 Å². The van der Waals surface area contributed by atoms with E-state index in [1.54, 1.807) is 58.3 Å². The highest BCUT2D eigenvalue weighted by Crippen LogP contribution is 2.44. The average Bonchev–Trinajstić information content (AvgIpc) is 3.46. The number of rotatable bonds is 19. The van der Waals surface area contributed by atoms with Crippen molar-refractivity contribution in [3.63, 3.8) is 0 Å². The van der Waals surface area contributed by atoms with Gasteiger partial charge in [-0.25, -0.2) is 9.29 Å². The second-order valence-electron chi connectivity index (χ2n) is 13.1. The molecule has 14 nitrogen and oxygen atoms in total. The Morgan fingerprint density at radius 1 is 0.638 bits per heavy atom. The van der Waals surface area contributed by atoms with Gasteiger partial charge >= 0.3 is 0 Å². The molecule has 17 heteroatoms. The zero-order chi connectivity index (χ0) is 40.9. The van der Waals surface area contributed by atoms with Crippen LogP contribution < -0.4 is 9.64 Å². The molecule has 3 aromatic carbocycles. The highest BCUT2D eigenvalue weighted by atomic mass is 32.2. The van der Waals surface area contributed by atoms with Crippen molar-refractivity contribution in [2.45, 2.75) is 16.7 Å². The van der Waals surface area contributed by atoms with E-state index in [0.717, 1.165) is 34.5 Å². The summed E-state index contributed by atoms with van der Waals surface area (Å²) in [7, 11) is 0. The van der Waals surface area contributed by atoms with Crippen LogP contribution in [0.3, 0.4) is 0 Å². The third kappa shape index (κ3) is 11.5. The summed E-state index contributed by atoms with van der Waals surface area (Å²) in [5, 5.41) is 0. The lowest BCUT2D eigenvalue weighted by atomic mass is 10.2. The fraction of sp³-hybridized carbons (Fsp3) is 0.390. The van der Waals surface area contributed by atoms with Gasteiger partial charge in [0.15, 0.2) is 11.6 Å². The summed E-state index contributed by atoms with van der Waals surface area (Å²) in [6.07, 6.45) is 0. The molecule has 3 aliphatic heterocycles. The third-order valence-corrected chi connectivity index (χ3v) is 11.3. The molecule has 0 aromatic heterocycles. The van der Waals surface area contributed by atoms with Crippen LogP contribution in [0.5, 0.6) is 5.75 Å². The van der Waals surface area contributed by atoms with E-state index in [4.69, 9.17) is 28.4 Å². The molecule has 3 aromatic rings. The van der Waals surface area contributed by atoms with Crippen LogP contribution in [0.4, 0.5) is 10.1 Å². The topological polar surface area (TPSA) is 150 Å². The Bertz CT molecular complexity index is 1870. The van der Waals surface area contributed by atoms with Crippen molar-refractivity contribution in [1.82, 2.24) is 9.80 Å². The summed E-state index contributed by atoms with van der Waals surface area (Å²) < 4.78 is 48.1. The Labute approximate surface area is 343 Å². The Morgan fingerprint density at radius 3 is 1.53 bits per heavy atom. The minimum atomic E-state index is -0.840. The van der Waals surface area contributed by atoms with E-state index in [9.17, 15) is 24.0 Å². The number of Topliss-reactive ketones (excluding diaryl/α,β-unsaturated/α-hetero) is 1. The van der Waals surface area contributed by atoms with Crippen molar-refractivity contribution in [3.05, 3.63) is 93.5 Å². The normalized spacial score (nSPS) is 16.0. The number of hydrogen-bond acceptors (Lipinski definition) is 13. The lowest BCUT2D eigenvalue weighted by molar-refractivity contribution is -0.122. The molecule has 2 fully saturated rings. The molecule has 58 heavy (non-hydrogen) atoms. The number of ether oxygens (including phenoxy) is 6. The van der Waals surface area contributed by atoms with Gasteiger partial charge in [-0.05, 0) is 67.6 Å². The molecule has 0 bridgehead atoms. The standard InChI is InChI=1S/C41H44FN3O11S2/c1-28(46)27-55-23-22-53-20-21-54-24-25-56-31-6-11-35(34(42)26-31)45-40(49)36(57-32-7-2-29(3-8-32)38(47)43-12-16-51-17-13-43)37(41(45)50)58-33-9-4-30(5-10-33)39(48)44-14-18-52-19-15-44/h2-11,26H,12-25,27H2,1H3. The predicted molar refractivity (Wildman–Crippen MR) is 213 cm³/mol. The number of thioether (sulfide) groups is 2. The van der Waals surface area contributed by atoms with Gasteiger partial charge in [0, 0.05) is 53.2 Å². The van der Waals surface area contributed by atoms with Crippen molar-refractivity contribution in [2.75, 3.05) is 104 Å². The molecule has 3 heterocycles. The largest absolute Gasteiger partial charge is 0.491 e. The fourth-order valence-corrected chi connectivity index (χ4v) is 7.97. The number of imide groups is 1. The quantitative estimate of drug-likeness (QED) is 0.124. The monoisotopic (exact) mass is 837 g/mol. The number of carbonyl (C=O) groups excluding carboxylic acids is 5. The van der Waals surface area contributed by atoms with Crippen LogP contribution in [0, 0.1) is 5.82 Å². The minimum absolute atomic E-state index is 0.0488. The molecule has 0 saturated carbocycles. The van der Waals surface area contributed by atoms with E-state index < -0.39 is 17.6 Å². The molecule has 2 saturated heterocycles. The SMILES string of the molecule is CC(=O)COCCOCCOCCOc1ccc(N2C(=O)C(Sc3ccc(C(=O)N4CCOCC4)cc3)=C(Sc3ccc(C(=O)N4CCOCC4)cc3)C2=O)c(F)c1. The average molecular weight is 838 g/mol. The molecule has 6 rings (SSSR count). The Morgan fingerprint density at radius 2 is 1.09 bits per heavy atom. The van der Waals surface area contributed by atoms with Gasteiger partial charge in [0.2, 0.25) is 0 Å².